The van der Waals surface area contributed by atoms with E-state index in [-0.39, 0.29) is 30.0 Å². The second kappa shape index (κ2) is 4.98. The lowest BCUT2D eigenvalue weighted by Crippen LogP contribution is -2.28. The van der Waals surface area contributed by atoms with Gasteiger partial charge < -0.3 is 14.8 Å². The topological polar surface area (TPSA) is 64.6 Å². The summed E-state index contributed by atoms with van der Waals surface area (Å²) in [6.07, 6.45) is 0.339. The summed E-state index contributed by atoms with van der Waals surface area (Å²) in [6.45, 7) is 0.281. The molecule has 1 aromatic rings. The molecule has 0 aliphatic carbocycles. The lowest BCUT2D eigenvalue weighted by molar-refractivity contribution is -0.149. The Bertz CT molecular complexity index is 632. The molecule has 2 aliphatic heterocycles. The summed E-state index contributed by atoms with van der Waals surface area (Å²) >= 11 is 0. The van der Waals surface area contributed by atoms with Crippen LogP contribution in [0.3, 0.4) is 0 Å². The van der Waals surface area contributed by atoms with Gasteiger partial charge in [0.15, 0.2) is 0 Å². The summed E-state index contributed by atoms with van der Waals surface area (Å²) in [5.74, 6) is -4.91. The largest absolute Gasteiger partial charge is 0.493 e. The van der Waals surface area contributed by atoms with Crippen LogP contribution in [0.25, 0.3) is 0 Å². The van der Waals surface area contributed by atoms with Crippen molar-refractivity contribution < 1.29 is 27.8 Å². The summed E-state index contributed by atoms with van der Waals surface area (Å²) in [6, 6.07) is 1.11. The molecule has 3 rings (SSSR count). The number of hydrogen-bond donors (Lipinski definition) is 1. The maximum atomic E-state index is 14.5. The number of benzene rings is 1. The Morgan fingerprint density at radius 2 is 2.24 bits per heavy atom. The van der Waals surface area contributed by atoms with Crippen LogP contribution < -0.4 is 10.1 Å². The van der Waals surface area contributed by atoms with Gasteiger partial charge in [-0.15, -0.1) is 0 Å². The molecule has 2 aliphatic rings. The zero-order chi connectivity index (χ0) is 15.1. The first-order valence-corrected chi connectivity index (χ1v) is 6.53. The predicted octanol–water partition coefficient (Wildman–Crippen LogP) is 0.902. The zero-order valence-electron chi connectivity index (χ0n) is 11.2. The number of amides is 1. The van der Waals surface area contributed by atoms with Crippen LogP contribution in [-0.2, 0) is 20.7 Å². The highest BCUT2D eigenvalue weighted by Gasteiger charge is 2.45. The maximum Gasteiger partial charge on any atom is 0.318 e. The van der Waals surface area contributed by atoms with Crippen LogP contribution in [-0.4, -0.2) is 32.1 Å². The third-order valence-electron chi connectivity index (χ3n) is 3.93. The molecule has 1 aromatic carbocycles. The van der Waals surface area contributed by atoms with E-state index in [0.29, 0.717) is 6.42 Å². The third kappa shape index (κ3) is 2.03. The fourth-order valence-corrected chi connectivity index (χ4v) is 2.91. The Labute approximate surface area is 119 Å². The van der Waals surface area contributed by atoms with E-state index in [1.165, 1.54) is 0 Å². The Morgan fingerprint density at radius 3 is 2.95 bits per heavy atom. The molecule has 0 bridgehead atoms. The quantitative estimate of drug-likeness (QED) is 0.651. The van der Waals surface area contributed by atoms with Crippen molar-refractivity contribution in [1.29, 1.82) is 0 Å². The van der Waals surface area contributed by atoms with Crippen LogP contribution in [0.2, 0.25) is 0 Å². The molecule has 0 aromatic heterocycles. The smallest absolute Gasteiger partial charge is 0.318 e. The second-order valence-electron chi connectivity index (χ2n) is 5.01. The number of methoxy groups -OCH3 is 1. The minimum Gasteiger partial charge on any atom is -0.493 e. The summed E-state index contributed by atoms with van der Waals surface area (Å²) in [4.78, 5) is 23.4. The van der Waals surface area contributed by atoms with Crippen molar-refractivity contribution in [2.24, 2.45) is 5.92 Å². The van der Waals surface area contributed by atoms with E-state index in [1.807, 2.05) is 0 Å². The van der Waals surface area contributed by atoms with Crippen molar-refractivity contribution in [1.82, 2.24) is 5.32 Å². The van der Waals surface area contributed by atoms with Crippen molar-refractivity contribution in [2.45, 2.75) is 12.3 Å². The molecule has 21 heavy (non-hydrogen) atoms. The molecule has 1 saturated heterocycles. The van der Waals surface area contributed by atoms with Crippen LogP contribution in [0.5, 0.6) is 5.75 Å². The molecule has 0 spiro atoms. The number of esters is 1. The average Bonchev–Trinajstić information content (AvgIpc) is 3.05. The number of nitrogens with one attached hydrogen (secondary N) is 1. The van der Waals surface area contributed by atoms with Gasteiger partial charge in [-0.1, -0.05) is 0 Å². The fourth-order valence-electron chi connectivity index (χ4n) is 2.91. The highest BCUT2D eigenvalue weighted by molar-refractivity contribution is 6.00. The van der Waals surface area contributed by atoms with Gasteiger partial charge in [0.25, 0.3) is 0 Å². The maximum absolute atomic E-state index is 14.5. The summed E-state index contributed by atoms with van der Waals surface area (Å²) in [7, 11) is 1.13. The van der Waals surface area contributed by atoms with Gasteiger partial charge >= 0.3 is 5.97 Å². The van der Waals surface area contributed by atoms with Crippen molar-refractivity contribution >= 4 is 11.9 Å². The summed E-state index contributed by atoms with van der Waals surface area (Å²) in [5, 5.41) is 2.45. The molecule has 2 unspecified atom stereocenters. The Kier molecular flexibility index (Phi) is 3.27. The second-order valence-corrected chi connectivity index (χ2v) is 5.01. The number of halogens is 2. The third-order valence-corrected chi connectivity index (χ3v) is 3.93. The number of hydrogen-bond acceptors (Lipinski definition) is 4. The standard InChI is InChI=1S/C14H13F2NO4/c1-20-14(19)11-7(5-17-13(11)18)10-8(15)4-9-6(12(10)16)2-3-21-9/h4,7,11H,2-3,5H2,1H3,(H,17,18). The lowest BCUT2D eigenvalue weighted by Gasteiger charge is -2.18. The zero-order valence-corrected chi connectivity index (χ0v) is 11.2. The van der Waals surface area contributed by atoms with Crippen molar-refractivity contribution in [2.75, 3.05) is 20.3 Å². The highest BCUT2D eigenvalue weighted by atomic mass is 19.1. The van der Waals surface area contributed by atoms with E-state index >= 15 is 0 Å². The van der Waals surface area contributed by atoms with Crippen molar-refractivity contribution in [3.05, 3.63) is 28.8 Å². The summed E-state index contributed by atoms with van der Waals surface area (Å²) < 4.78 is 38.5. The van der Waals surface area contributed by atoms with E-state index < -0.39 is 35.3 Å². The van der Waals surface area contributed by atoms with Gasteiger partial charge in [-0.2, -0.15) is 0 Å². The average molecular weight is 297 g/mol. The molecule has 1 amide bonds. The van der Waals surface area contributed by atoms with Gasteiger partial charge in [0.05, 0.1) is 13.7 Å². The molecule has 5 nitrogen and oxygen atoms in total. The van der Waals surface area contributed by atoms with Crippen LogP contribution in [0.4, 0.5) is 8.78 Å². The van der Waals surface area contributed by atoms with Gasteiger partial charge in [0, 0.05) is 36.1 Å². The van der Waals surface area contributed by atoms with Gasteiger partial charge in [0.2, 0.25) is 5.91 Å². The normalized spacial score (nSPS) is 23.5. The monoisotopic (exact) mass is 297 g/mol. The first-order chi connectivity index (χ1) is 10.0. The SMILES string of the molecule is COC(=O)C1C(=O)NCC1c1c(F)cc2c(c1F)CCO2. The van der Waals surface area contributed by atoms with Crippen LogP contribution in [0.1, 0.15) is 17.0 Å². The number of rotatable bonds is 2. The van der Waals surface area contributed by atoms with E-state index in [2.05, 4.69) is 10.1 Å². The van der Waals surface area contributed by atoms with Crippen LogP contribution in [0, 0.1) is 17.6 Å². The van der Waals surface area contributed by atoms with E-state index in [9.17, 15) is 18.4 Å². The minimum atomic E-state index is -1.24. The molecule has 1 N–H and O–H groups in total. The number of carbonyl (C=O) groups is 2. The molecular formula is C14H13F2NO4. The highest BCUT2D eigenvalue weighted by Crippen LogP contribution is 2.39. The van der Waals surface area contributed by atoms with Crippen molar-refractivity contribution in [3.63, 3.8) is 0 Å². The fraction of sp³-hybridized carbons (Fsp3) is 0.429. The molecule has 0 radical (unpaired) electrons. The molecule has 7 heteroatoms. The van der Waals surface area contributed by atoms with Gasteiger partial charge in [-0.3, -0.25) is 9.59 Å². The summed E-state index contributed by atoms with van der Waals surface area (Å²) in [5.41, 5.74) is 0.0300. The minimum absolute atomic E-state index is 0.00785. The molecule has 0 saturated carbocycles. The van der Waals surface area contributed by atoms with Crippen LogP contribution in [0.15, 0.2) is 6.07 Å². The van der Waals surface area contributed by atoms with Crippen LogP contribution >= 0.6 is 0 Å². The van der Waals surface area contributed by atoms with E-state index in [0.717, 1.165) is 13.2 Å². The number of fused-ring (bicyclic) bond motifs is 1. The Balaban J connectivity index is 2.08. The number of carbonyl (C=O) groups excluding carboxylic acids is 2. The van der Waals surface area contributed by atoms with E-state index in [1.54, 1.807) is 0 Å². The molecule has 2 heterocycles. The molecular weight excluding hydrogens is 284 g/mol. The molecule has 2 atom stereocenters. The Hall–Kier alpha value is -2.18. The Morgan fingerprint density at radius 1 is 1.48 bits per heavy atom. The van der Waals surface area contributed by atoms with Crippen molar-refractivity contribution in [3.8, 4) is 5.75 Å². The number of ether oxygens (including phenoxy) is 2. The molecule has 112 valence electrons. The van der Waals surface area contributed by atoms with Gasteiger partial charge in [-0.25, -0.2) is 8.78 Å². The van der Waals surface area contributed by atoms with Gasteiger partial charge in [-0.05, 0) is 0 Å². The first kappa shape index (κ1) is 13.8. The van der Waals surface area contributed by atoms with E-state index in [4.69, 9.17) is 4.74 Å². The lowest BCUT2D eigenvalue weighted by atomic mass is 9.86. The predicted molar refractivity (Wildman–Crippen MR) is 66.8 cm³/mol. The first-order valence-electron chi connectivity index (χ1n) is 6.53. The van der Waals surface area contributed by atoms with Gasteiger partial charge in [0.1, 0.15) is 23.3 Å². The molecule has 1 fully saturated rings.